The molecule has 1 aliphatic rings. The zero-order valence-electron chi connectivity index (χ0n) is 26.8. The third-order valence-corrected chi connectivity index (χ3v) is 10.2. The van der Waals surface area contributed by atoms with Crippen molar-refractivity contribution < 1.29 is 23.7 Å². The van der Waals surface area contributed by atoms with E-state index in [1.165, 1.54) is 0 Å². The summed E-state index contributed by atoms with van der Waals surface area (Å²) < 4.78 is 35.4. The van der Waals surface area contributed by atoms with E-state index in [2.05, 4.69) is 39.5 Å². The fraction of sp³-hybridized carbons (Fsp3) is 0.871. The first-order valence-electron chi connectivity index (χ1n) is 15.5. The molecule has 1 rings (SSSR count). The lowest BCUT2D eigenvalue weighted by molar-refractivity contribution is -0.106. The monoisotopic (exact) mass is 589 g/mol. The van der Waals surface area contributed by atoms with E-state index in [0.717, 1.165) is 45.1 Å². The maximum Gasteiger partial charge on any atom is 0.110 e. The van der Waals surface area contributed by atoms with Crippen LogP contribution in [0.2, 0.25) is 0 Å². The van der Waals surface area contributed by atoms with E-state index in [-0.39, 0.29) is 24.0 Å². The van der Waals surface area contributed by atoms with E-state index < -0.39 is 17.0 Å². The van der Waals surface area contributed by atoms with Crippen molar-refractivity contribution in [2.75, 3.05) is 46.5 Å². The van der Waals surface area contributed by atoms with Gasteiger partial charge in [0.1, 0.15) is 6.23 Å². The van der Waals surface area contributed by atoms with Gasteiger partial charge in [-0.3, -0.25) is 14.0 Å². The predicted molar refractivity (Wildman–Crippen MR) is 170 cm³/mol. The van der Waals surface area contributed by atoms with Gasteiger partial charge >= 0.3 is 0 Å². The molecular weight excluding hydrogens is 526 g/mol. The summed E-state index contributed by atoms with van der Waals surface area (Å²) in [6.45, 7) is 18.3. The van der Waals surface area contributed by atoms with Crippen molar-refractivity contribution in [2.45, 2.75) is 105 Å². The number of hydrogen-bond donors (Lipinski definition) is 4. The number of rotatable bonds is 20. The summed E-state index contributed by atoms with van der Waals surface area (Å²) in [5.74, 6) is 1.19. The summed E-state index contributed by atoms with van der Waals surface area (Å²) in [6.07, 6.45) is 10.6. The van der Waals surface area contributed by atoms with Gasteiger partial charge in [0, 0.05) is 56.8 Å². The van der Waals surface area contributed by atoms with Crippen LogP contribution in [-0.4, -0.2) is 88.3 Å². The lowest BCUT2D eigenvalue weighted by atomic mass is 9.79. The quantitative estimate of drug-likeness (QED) is 0.0740. The van der Waals surface area contributed by atoms with Crippen molar-refractivity contribution >= 4 is 10.8 Å². The van der Waals surface area contributed by atoms with Crippen LogP contribution in [0.5, 0.6) is 0 Å². The number of hydrogen-bond acceptors (Lipinski definition) is 8. The molecule has 5 atom stereocenters. The molecule has 3 unspecified atom stereocenters. The number of ether oxygens (including phenoxy) is 2. The molecule has 40 heavy (non-hydrogen) atoms. The molecule has 0 aromatic heterocycles. The first-order valence-corrected chi connectivity index (χ1v) is 17.0. The summed E-state index contributed by atoms with van der Waals surface area (Å²) in [4.78, 5) is 2.79. The van der Waals surface area contributed by atoms with Crippen molar-refractivity contribution in [3.05, 3.63) is 23.1 Å². The summed E-state index contributed by atoms with van der Waals surface area (Å²) in [7, 11) is -1.30. The molecule has 238 valence electrons. The lowest BCUT2D eigenvalue weighted by Crippen LogP contribution is -2.50. The van der Waals surface area contributed by atoms with Gasteiger partial charge in [-0.05, 0) is 96.6 Å². The zero-order chi connectivity index (χ0) is 30.3. The molecule has 0 spiro atoms. The largest absolute Gasteiger partial charge is 0.385 e. The van der Waals surface area contributed by atoms with Crippen molar-refractivity contribution in [1.82, 2.24) is 9.21 Å². The highest BCUT2D eigenvalue weighted by molar-refractivity contribution is 8.25. The van der Waals surface area contributed by atoms with E-state index in [0.29, 0.717) is 49.6 Å². The molecule has 1 fully saturated rings. The van der Waals surface area contributed by atoms with Gasteiger partial charge in [-0.1, -0.05) is 32.9 Å². The van der Waals surface area contributed by atoms with Crippen molar-refractivity contribution in [3.63, 3.8) is 0 Å². The average Bonchev–Trinajstić information content (AvgIpc) is 2.90. The Morgan fingerprint density at radius 3 is 2.38 bits per heavy atom. The van der Waals surface area contributed by atoms with E-state index in [1.54, 1.807) is 20.1 Å². The Hall–Kier alpha value is -0.490. The molecule has 5 N–H and O–H groups in total. The summed E-state index contributed by atoms with van der Waals surface area (Å²) in [6, 6.07) is 0.188. The number of nitrogens with zero attached hydrogens (tertiary/aromatic N) is 2. The molecular formula is C31H63N3O5S. The highest BCUT2D eigenvalue weighted by Crippen LogP contribution is 2.51. The molecule has 0 amide bonds. The Labute approximate surface area is 247 Å². The minimum Gasteiger partial charge on any atom is -0.385 e. The fourth-order valence-electron chi connectivity index (χ4n) is 5.54. The van der Waals surface area contributed by atoms with Gasteiger partial charge in [0.05, 0.1) is 6.10 Å². The van der Waals surface area contributed by atoms with Crippen LogP contribution >= 0.6 is 10.8 Å². The van der Waals surface area contributed by atoms with Crippen LogP contribution in [0.1, 0.15) is 87.0 Å². The van der Waals surface area contributed by atoms with Crippen LogP contribution in [0.15, 0.2) is 23.1 Å². The van der Waals surface area contributed by atoms with Gasteiger partial charge in [0.15, 0.2) is 0 Å². The van der Waals surface area contributed by atoms with Crippen LogP contribution < -0.4 is 5.73 Å². The second-order valence-corrected chi connectivity index (χ2v) is 14.6. The maximum absolute atomic E-state index is 11.5. The topological polar surface area (TPSA) is 112 Å². The molecule has 1 saturated carbocycles. The number of methoxy groups -OCH3 is 1. The molecule has 9 heteroatoms. The lowest BCUT2D eigenvalue weighted by Gasteiger charge is -2.44. The number of nitrogens with two attached hydrogens (primary N) is 1. The van der Waals surface area contributed by atoms with Crippen LogP contribution in [0.25, 0.3) is 0 Å². The molecule has 1 aliphatic carbocycles. The standard InChI is InChI=1S/C31H63N3O5S/c1-9-10-13-27(7)40(36,37)33(22-24(2)3)17-11-14-28(21-32)23-34(25(4)5)31(35)29-16-15-26(6)30(20-29)39-19-12-18-38-8/h9-10,13,24-26,28-31,35-37H,11-12,14-23,32H2,1-8H3/b10-9-,27-13+/t26?,28-,29+,30?,31?/m0/s1. The van der Waals surface area contributed by atoms with Gasteiger partial charge in [-0.2, -0.15) is 0 Å². The van der Waals surface area contributed by atoms with Crippen molar-refractivity contribution in [2.24, 2.45) is 29.4 Å². The fourth-order valence-corrected chi connectivity index (χ4v) is 7.10. The average molecular weight is 590 g/mol. The summed E-state index contributed by atoms with van der Waals surface area (Å²) in [5.41, 5.74) is 6.24. The van der Waals surface area contributed by atoms with Crippen molar-refractivity contribution in [3.8, 4) is 0 Å². The predicted octanol–water partition coefficient (Wildman–Crippen LogP) is 6.33. The molecule has 0 bridgehead atoms. The molecule has 0 aromatic carbocycles. The van der Waals surface area contributed by atoms with Gasteiger partial charge in [0.25, 0.3) is 0 Å². The van der Waals surface area contributed by atoms with Gasteiger partial charge < -0.3 is 20.3 Å². The second kappa shape index (κ2) is 19.7. The maximum atomic E-state index is 11.5. The minimum atomic E-state index is -3.01. The van der Waals surface area contributed by atoms with E-state index in [9.17, 15) is 14.2 Å². The molecule has 0 aliphatic heterocycles. The Balaban J connectivity index is 2.82. The normalized spacial score (nSPS) is 23.2. The van der Waals surface area contributed by atoms with E-state index >= 15 is 0 Å². The third kappa shape index (κ3) is 12.8. The van der Waals surface area contributed by atoms with Crippen molar-refractivity contribution in [1.29, 1.82) is 0 Å². The highest BCUT2D eigenvalue weighted by Gasteiger charge is 2.36. The molecule has 0 aromatic rings. The third-order valence-electron chi connectivity index (χ3n) is 8.12. The first-order chi connectivity index (χ1) is 18.9. The van der Waals surface area contributed by atoms with Crippen LogP contribution in [0.3, 0.4) is 0 Å². The molecule has 0 saturated heterocycles. The Bertz CT molecular complexity index is 734. The number of aliphatic hydroxyl groups is 1. The summed E-state index contributed by atoms with van der Waals surface area (Å²) >= 11 is 0. The number of allylic oxidation sites excluding steroid dienone is 4. The first kappa shape index (κ1) is 37.5. The van der Waals surface area contributed by atoms with Crippen LogP contribution in [0.4, 0.5) is 0 Å². The highest BCUT2D eigenvalue weighted by atomic mass is 32.3. The van der Waals surface area contributed by atoms with Gasteiger partial charge in [-0.25, -0.2) is 4.31 Å². The van der Waals surface area contributed by atoms with Crippen LogP contribution in [0, 0.1) is 23.7 Å². The van der Waals surface area contributed by atoms with Crippen LogP contribution in [-0.2, 0) is 9.47 Å². The molecule has 0 heterocycles. The molecule has 0 radical (unpaired) electrons. The SMILES string of the molecule is C/C=C\C=C(/C)S(O)(O)N(CCC[C@@H](CN)CN(C(C)C)C(O)[C@@H]1CCC(C)C(OCCCOC)C1)CC(C)C. The Morgan fingerprint density at radius 1 is 1.10 bits per heavy atom. The summed E-state index contributed by atoms with van der Waals surface area (Å²) in [5, 5.41) is 11.5. The molecule has 8 nitrogen and oxygen atoms in total. The second-order valence-electron chi connectivity index (χ2n) is 12.4. The number of aliphatic hydroxyl groups excluding tert-OH is 1. The van der Waals surface area contributed by atoms with E-state index in [4.69, 9.17) is 15.2 Å². The van der Waals surface area contributed by atoms with Gasteiger partial charge in [0.2, 0.25) is 0 Å². The smallest absolute Gasteiger partial charge is 0.110 e. The van der Waals surface area contributed by atoms with E-state index in [1.807, 2.05) is 23.4 Å². The Kier molecular flexibility index (Phi) is 18.4. The zero-order valence-corrected chi connectivity index (χ0v) is 27.6. The Morgan fingerprint density at radius 2 is 1.80 bits per heavy atom. The minimum absolute atomic E-state index is 0.168. The van der Waals surface area contributed by atoms with Gasteiger partial charge in [-0.15, -0.1) is 10.8 Å².